The van der Waals surface area contributed by atoms with E-state index in [0.29, 0.717) is 29.4 Å². The minimum Gasteiger partial charge on any atom is -0.493 e. The molecule has 0 aliphatic rings. The van der Waals surface area contributed by atoms with Gasteiger partial charge in [-0.3, -0.25) is 9.59 Å². The zero-order valence-corrected chi connectivity index (χ0v) is 19.6. The number of ether oxygens (including phenoxy) is 2. The molecule has 0 radical (unpaired) electrons. The summed E-state index contributed by atoms with van der Waals surface area (Å²) >= 11 is 0. The number of hydrazone groups is 1. The van der Waals surface area contributed by atoms with Crippen LogP contribution >= 0.6 is 0 Å². The van der Waals surface area contributed by atoms with Crippen molar-refractivity contribution in [3.63, 3.8) is 0 Å². The molecule has 0 aromatic heterocycles. The van der Waals surface area contributed by atoms with Crippen LogP contribution in [0.15, 0.2) is 71.8 Å². The monoisotopic (exact) mass is 459 g/mol. The summed E-state index contributed by atoms with van der Waals surface area (Å²) in [5, 5.41) is 6.71. The highest BCUT2D eigenvalue weighted by molar-refractivity contribution is 6.04. The number of methoxy groups -OCH3 is 1. The topological polar surface area (TPSA) is 89.0 Å². The molecule has 0 aliphatic heterocycles. The molecule has 3 rings (SSSR count). The first-order chi connectivity index (χ1) is 16.5. The van der Waals surface area contributed by atoms with E-state index in [1.54, 1.807) is 25.3 Å². The summed E-state index contributed by atoms with van der Waals surface area (Å²) in [5.41, 5.74) is 7.05. The second kappa shape index (κ2) is 12.2. The predicted molar refractivity (Wildman–Crippen MR) is 133 cm³/mol. The second-order valence-electron chi connectivity index (χ2n) is 7.72. The lowest BCUT2D eigenvalue weighted by Gasteiger charge is -2.11. The smallest absolute Gasteiger partial charge is 0.249 e. The average molecular weight is 460 g/mol. The summed E-state index contributed by atoms with van der Waals surface area (Å²) in [6.07, 6.45) is 1.94. The van der Waals surface area contributed by atoms with Crippen LogP contribution in [0.25, 0.3) is 0 Å². The Morgan fingerprint density at radius 1 is 0.971 bits per heavy atom. The van der Waals surface area contributed by atoms with Crippen molar-refractivity contribution in [1.29, 1.82) is 0 Å². The van der Waals surface area contributed by atoms with Crippen LogP contribution in [-0.4, -0.2) is 25.1 Å². The molecule has 7 nitrogen and oxygen atoms in total. The lowest BCUT2D eigenvalue weighted by atomic mass is 10.1. The van der Waals surface area contributed by atoms with Gasteiger partial charge in [-0.1, -0.05) is 55.0 Å². The number of carbonyl (C=O) groups is 2. The van der Waals surface area contributed by atoms with Gasteiger partial charge in [0.05, 0.1) is 13.3 Å². The predicted octanol–water partition coefficient (Wildman–Crippen LogP) is 4.62. The number of amides is 2. The van der Waals surface area contributed by atoms with Crippen LogP contribution in [0.4, 0.5) is 5.69 Å². The Bertz CT molecular complexity index is 1170. The normalized spacial score (nSPS) is 10.7. The van der Waals surface area contributed by atoms with Crippen LogP contribution in [0.5, 0.6) is 11.5 Å². The molecular weight excluding hydrogens is 430 g/mol. The Morgan fingerprint density at radius 3 is 2.56 bits per heavy atom. The van der Waals surface area contributed by atoms with Gasteiger partial charge in [0.25, 0.3) is 0 Å². The number of nitrogens with zero attached hydrogens (tertiary/aromatic N) is 1. The SMILES string of the molecule is CCc1ccccc1NC(=O)CC(=O)NN=Cc1ccc(OCc2cccc(C)c2)c(OC)c1. The number of carbonyl (C=O) groups excluding carboxylic acids is 2. The van der Waals surface area contributed by atoms with Crippen molar-refractivity contribution in [2.75, 3.05) is 12.4 Å². The third kappa shape index (κ3) is 7.20. The van der Waals surface area contributed by atoms with Crippen LogP contribution < -0.4 is 20.2 Å². The summed E-state index contributed by atoms with van der Waals surface area (Å²) in [6.45, 7) is 4.46. The minimum atomic E-state index is -0.507. The summed E-state index contributed by atoms with van der Waals surface area (Å²) < 4.78 is 11.3. The number of aryl methyl sites for hydroxylation is 2. The van der Waals surface area contributed by atoms with Gasteiger partial charge in [-0.2, -0.15) is 5.10 Å². The van der Waals surface area contributed by atoms with Crippen LogP contribution in [0.2, 0.25) is 0 Å². The van der Waals surface area contributed by atoms with E-state index in [-0.39, 0.29) is 6.42 Å². The van der Waals surface area contributed by atoms with Gasteiger partial charge in [-0.15, -0.1) is 0 Å². The summed E-state index contributed by atoms with van der Waals surface area (Å²) in [6, 6.07) is 21.0. The lowest BCUT2D eigenvalue weighted by Crippen LogP contribution is -2.25. The van der Waals surface area contributed by atoms with Gasteiger partial charge >= 0.3 is 0 Å². The van der Waals surface area contributed by atoms with Gasteiger partial charge in [-0.25, -0.2) is 5.43 Å². The van der Waals surface area contributed by atoms with Crippen molar-refractivity contribution in [3.05, 3.63) is 89.0 Å². The van der Waals surface area contributed by atoms with E-state index in [2.05, 4.69) is 21.9 Å². The van der Waals surface area contributed by atoms with Crippen molar-refractivity contribution < 1.29 is 19.1 Å². The maximum absolute atomic E-state index is 12.2. The van der Waals surface area contributed by atoms with Crippen molar-refractivity contribution in [2.45, 2.75) is 33.3 Å². The van der Waals surface area contributed by atoms with E-state index in [9.17, 15) is 9.59 Å². The van der Waals surface area contributed by atoms with Crippen molar-refractivity contribution in [1.82, 2.24) is 5.43 Å². The fraction of sp³-hybridized carbons (Fsp3) is 0.222. The lowest BCUT2D eigenvalue weighted by molar-refractivity contribution is -0.126. The van der Waals surface area contributed by atoms with Crippen LogP contribution in [-0.2, 0) is 22.6 Å². The van der Waals surface area contributed by atoms with E-state index in [1.807, 2.05) is 56.3 Å². The summed E-state index contributed by atoms with van der Waals surface area (Å²) in [4.78, 5) is 24.3. The van der Waals surface area contributed by atoms with E-state index < -0.39 is 11.8 Å². The second-order valence-corrected chi connectivity index (χ2v) is 7.72. The molecule has 0 aliphatic carbocycles. The molecule has 0 saturated carbocycles. The van der Waals surface area contributed by atoms with E-state index in [0.717, 1.165) is 17.5 Å². The minimum absolute atomic E-state index is 0.329. The molecule has 34 heavy (non-hydrogen) atoms. The molecule has 2 amide bonds. The highest BCUT2D eigenvalue weighted by Crippen LogP contribution is 2.28. The van der Waals surface area contributed by atoms with Crippen molar-refractivity contribution in [3.8, 4) is 11.5 Å². The first-order valence-electron chi connectivity index (χ1n) is 11.0. The Kier molecular flexibility index (Phi) is 8.80. The van der Waals surface area contributed by atoms with Crippen molar-refractivity contribution in [2.24, 2.45) is 5.10 Å². The highest BCUT2D eigenvalue weighted by Gasteiger charge is 2.11. The molecule has 2 N–H and O–H groups in total. The largest absolute Gasteiger partial charge is 0.493 e. The van der Waals surface area contributed by atoms with E-state index in [1.165, 1.54) is 11.8 Å². The van der Waals surface area contributed by atoms with Gasteiger partial charge < -0.3 is 14.8 Å². The molecule has 0 saturated heterocycles. The van der Waals surface area contributed by atoms with Crippen molar-refractivity contribution >= 4 is 23.7 Å². The van der Waals surface area contributed by atoms with Crippen LogP contribution in [0.1, 0.15) is 35.6 Å². The van der Waals surface area contributed by atoms with Gasteiger partial charge in [0.2, 0.25) is 11.8 Å². The number of rotatable bonds is 10. The van der Waals surface area contributed by atoms with Gasteiger partial charge in [0.1, 0.15) is 13.0 Å². The van der Waals surface area contributed by atoms with Crippen LogP contribution in [0, 0.1) is 6.92 Å². The fourth-order valence-corrected chi connectivity index (χ4v) is 3.36. The maximum atomic E-state index is 12.2. The average Bonchev–Trinajstić information content (AvgIpc) is 2.83. The first kappa shape index (κ1) is 24.5. The quantitative estimate of drug-likeness (QED) is 0.263. The molecule has 7 heteroatoms. The number of hydrogen-bond donors (Lipinski definition) is 2. The Balaban J connectivity index is 1.52. The zero-order chi connectivity index (χ0) is 24.3. The number of anilines is 1. The first-order valence-corrected chi connectivity index (χ1v) is 11.0. The standard InChI is InChI=1S/C27H29N3O4/c1-4-22-10-5-6-11-23(22)29-26(31)16-27(32)30-28-17-20-12-13-24(25(15-20)33-3)34-18-21-9-7-8-19(2)14-21/h5-15,17H,4,16,18H2,1-3H3,(H,29,31)(H,30,32). The summed E-state index contributed by atoms with van der Waals surface area (Å²) in [7, 11) is 1.56. The third-order valence-corrected chi connectivity index (χ3v) is 5.06. The van der Waals surface area contributed by atoms with E-state index >= 15 is 0 Å². The molecule has 0 fully saturated rings. The number of hydrogen-bond acceptors (Lipinski definition) is 5. The number of nitrogens with one attached hydrogen (secondary N) is 2. The Labute approximate surface area is 199 Å². The van der Waals surface area contributed by atoms with E-state index in [4.69, 9.17) is 9.47 Å². The molecule has 3 aromatic rings. The van der Waals surface area contributed by atoms with Gasteiger partial charge in [-0.05, 0) is 54.3 Å². The highest BCUT2D eigenvalue weighted by atomic mass is 16.5. The molecular formula is C27H29N3O4. The zero-order valence-electron chi connectivity index (χ0n) is 19.6. The molecule has 0 bridgehead atoms. The molecule has 0 heterocycles. The fourth-order valence-electron chi connectivity index (χ4n) is 3.36. The molecule has 0 unspecified atom stereocenters. The molecule has 3 aromatic carbocycles. The van der Waals surface area contributed by atoms with Gasteiger partial charge in [0.15, 0.2) is 11.5 Å². The summed E-state index contributed by atoms with van der Waals surface area (Å²) in [5.74, 6) is 0.254. The van der Waals surface area contributed by atoms with Gasteiger partial charge in [0, 0.05) is 5.69 Å². The van der Waals surface area contributed by atoms with Crippen LogP contribution in [0.3, 0.4) is 0 Å². The molecule has 0 spiro atoms. The molecule has 176 valence electrons. The Morgan fingerprint density at radius 2 is 1.79 bits per heavy atom. The number of benzene rings is 3. The molecule has 0 atom stereocenters. The maximum Gasteiger partial charge on any atom is 0.249 e. The number of para-hydroxylation sites is 1. The Hall–Kier alpha value is -4.13. The third-order valence-electron chi connectivity index (χ3n) is 5.06.